The summed E-state index contributed by atoms with van der Waals surface area (Å²) in [5.41, 5.74) is 2.08. The number of aliphatic carboxylic acids is 1. The van der Waals surface area contributed by atoms with Crippen molar-refractivity contribution in [3.05, 3.63) is 36.6 Å². The maximum absolute atomic E-state index is 9.91. The Morgan fingerprint density at radius 2 is 1.91 bits per heavy atom. The molecule has 0 aromatic carbocycles. The first-order chi connectivity index (χ1) is 5.16. The largest absolute Gasteiger partial charge is 0.478 e. The molecule has 0 rings (SSSR count). The number of allylic oxidation sites excluding steroid dienone is 3. The van der Waals surface area contributed by atoms with E-state index in [1.54, 1.807) is 5.48 Å². The summed E-state index contributed by atoms with van der Waals surface area (Å²) in [6.45, 7) is 3.36. The Balaban J connectivity index is 3.77. The zero-order chi connectivity index (χ0) is 8.69. The van der Waals surface area contributed by atoms with Gasteiger partial charge in [0.15, 0.2) is 0 Å². The maximum atomic E-state index is 9.91. The molecular weight excluding hydrogens is 146 g/mol. The summed E-state index contributed by atoms with van der Waals surface area (Å²) in [6.07, 6.45) is 5.17. The van der Waals surface area contributed by atoms with Gasteiger partial charge in [-0.1, -0.05) is 18.7 Å². The lowest BCUT2D eigenvalue weighted by Gasteiger charge is -1.90. The van der Waals surface area contributed by atoms with Crippen molar-refractivity contribution in [1.82, 2.24) is 5.48 Å². The van der Waals surface area contributed by atoms with Crippen LogP contribution >= 0.6 is 0 Å². The molecule has 11 heavy (non-hydrogen) atoms. The number of hydroxylamine groups is 1. The maximum Gasteiger partial charge on any atom is 0.328 e. The molecule has 0 unspecified atom stereocenters. The molecule has 0 aliphatic heterocycles. The summed E-state index contributed by atoms with van der Waals surface area (Å²) in [6, 6.07) is 0. The van der Waals surface area contributed by atoms with Crippen molar-refractivity contribution in [2.45, 2.75) is 0 Å². The lowest BCUT2D eigenvalue weighted by atomic mass is 10.4. The minimum atomic E-state index is -1.02. The second kappa shape index (κ2) is 5.25. The third kappa shape index (κ3) is 6.33. The van der Waals surface area contributed by atoms with Crippen LogP contribution in [0.15, 0.2) is 36.6 Å². The molecule has 0 fully saturated rings. The fourth-order valence-corrected chi connectivity index (χ4v) is 0.347. The van der Waals surface area contributed by atoms with Gasteiger partial charge in [0.1, 0.15) is 0 Å². The Hall–Kier alpha value is -1.55. The number of nitrogens with one attached hydrogen (secondary N) is 1. The van der Waals surface area contributed by atoms with E-state index in [1.807, 2.05) is 0 Å². The van der Waals surface area contributed by atoms with Crippen LogP contribution in [0.3, 0.4) is 0 Å². The second-order valence-electron chi connectivity index (χ2n) is 1.69. The molecule has 0 aromatic rings. The van der Waals surface area contributed by atoms with Crippen molar-refractivity contribution in [3.63, 3.8) is 0 Å². The van der Waals surface area contributed by atoms with Crippen molar-refractivity contribution >= 4 is 5.97 Å². The lowest BCUT2D eigenvalue weighted by molar-refractivity contribution is -0.131. The second-order valence-corrected chi connectivity index (χ2v) is 1.69. The Morgan fingerprint density at radius 3 is 2.36 bits per heavy atom. The third-order valence-electron chi connectivity index (χ3n) is 0.791. The highest BCUT2D eigenvalue weighted by molar-refractivity contribution is 5.80. The molecule has 0 atom stereocenters. The molecular formula is C7H9NO3. The number of rotatable bonds is 4. The van der Waals surface area contributed by atoms with Crippen LogP contribution in [0.5, 0.6) is 0 Å². The summed E-state index contributed by atoms with van der Waals surface area (Å²) in [7, 11) is 0. The predicted molar refractivity (Wildman–Crippen MR) is 40.0 cm³/mol. The van der Waals surface area contributed by atoms with E-state index in [1.165, 1.54) is 18.2 Å². The van der Waals surface area contributed by atoms with E-state index in [-0.39, 0.29) is 0 Å². The van der Waals surface area contributed by atoms with Gasteiger partial charge in [-0.15, -0.1) is 0 Å². The molecule has 0 aliphatic rings. The molecule has 4 nitrogen and oxygen atoms in total. The van der Waals surface area contributed by atoms with Crippen LogP contribution in [0.4, 0.5) is 0 Å². The molecule has 0 saturated carbocycles. The monoisotopic (exact) mass is 155 g/mol. The van der Waals surface area contributed by atoms with Gasteiger partial charge in [0.2, 0.25) is 0 Å². The van der Waals surface area contributed by atoms with Crippen LogP contribution in [-0.4, -0.2) is 16.3 Å². The van der Waals surface area contributed by atoms with Crippen molar-refractivity contribution in [3.8, 4) is 0 Å². The molecule has 3 N–H and O–H groups in total. The fourth-order valence-electron chi connectivity index (χ4n) is 0.347. The molecule has 0 aromatic heterocycles. The molecule has 0 aliphatic carbocycles. The first-order valence-corrected chi connectivity index (χ1v) is 2.83. The van der Waals surface area contributed by atoms with Crippen LogP contribution in [-0.2, 0) is 4.79 Å². The number of hydrogen-bond donors (Lipinski definition) is 3. The van der Waals surface area contributed by atoms with E-state index >= 15 is 0 Å². The van der Waals surface area contributed by atoms with Crippen LogP contribution in [0.25, 0.3) is 0 Å². The average Bonchev–Trinajstić information content (AvgIpc) is 1.97. The van der Waals surface area contributed by atoms with Crippen LogP contribution in [0.1, 0.15) is 0 Å². The SMILES string of the molecule is C=C(/C=C\C=C\C(=O)O)NO. The molecule has 0 spiro atoms. The van der Waals surface area contributed by atoms with Gasteiger partial charge in [-0.2, -0.15) is 0 Å². The Kier molecular flexibility index (Phi) is 4.51. The van der Waals surface area contributed by atoms with Crippen LogP contribution in [0.2, 0.25) is 0 Å². The Bertz CT molecular complexity index is 206. The van der Waals surface area contributed by atoms with Gasteiger partial charge >= 0.3 is 5.97 Å². The van der Waals surface area contributed by atoms with E-state index in [2.05, 4.69) is 6.58 Å². The van der Waals surface area contributed by atoms with Crippen LogP contribution < -0.4 is 5.48 Å². The minimum Gasteiger partial charge on any atom is -0.478 e. The molecule has 0 saturated heterocycles. The zero-order valence-electron chi connectivity index (χ0n) is 5.82. The average molecular weight is 155 g/mol. The molecule has 0 radical (unpaired) electrons. The third-order valence-corrected chi connectivity index (χ3v) is 0.791. The van der Waals surface area contributed by atoms with Crippen molar-refractivity contribution in [2.24, 2.45) is 0 Å². The van der Waals surface area contributed by atoms with E-state index in [9.17, 15) is 4.79 Å². The smallest absolute Gasteiger partial charge is 0.328 e. The first kappa shape index (κ1) is 9.45. The van der Waals surface area contributed by atoms with Gasteiger partial charge in [-0.25, -0.2) is 4.79 Å². The van der Waals surface area contributed by atoms with E-state index in [0.717, 1.165) is 6.08 Å². The lowest BCUT2D eigenvalue weighted by Crippen LogP contribution is -2.01. The summed E-state index contributed by atoms with van der Waals surface area (Å²) < 4.78 is 0. The summed E-state index contributed by atoms with van der Waals surface area (Å²) in [4.78, 5) is 9.91. The van der Waals surface area contributed by atoms with E-state index in [0.29, 0.717) is 5.70 Å². The number of carboxylic acids is 1. The predicted octanol–water partition coefficient (Wildman–Crippen LogP) is 0.676. The topological polar surface area (TPSA) is 69.6 Å². The molecule has 60 valence electrons. The van der Waals surface area contributed by atoms with E-state index in [4.69, 9.17) is 10.3 Å². The normalized spacial score (nSPS) is 10.6. The molecule has 4 heteroatoms. The molecule has 0 amide bonds. The van der Waals surface area contributed by atoms with Crippen molar-refractivity contribution < 1.29 is 15.1 Å². The summed E-state index contributed by atoms with van der Waals surface area (Å²) in [5.74, 6) is -1.02. The minimum absolute atomic E-state index is 0.292. The Labute approximate surface area is 64.1 Å². The van der Waals surface area contributed by atoms with Crippen LogP contribution in [0, 0.1) is 0 Å². The summed E-state index contributed by atoms with van der Waals surface area (Å²) in [5, 5.41) is 16.3. The highest BCUT2D eigenvalue weighted by Crippen LogP contribution is 1.85. The van der Waals surface area contributed by atoms with Crippen molar-refractivity contribution in [1.29, 1.82) is 0 Å². The fraction of sp³-hybridized carbons (Fsp3) is 0. The number of hydrogen-bond acceptors (Lipinski definition) is 3. The van der Waals surface area contributed by atoms with Gasteiger partial charge in [-0.3, -0.25) is 10.7 Å². The first-order valence-electron chi connectivity index (χ1n) is 2.83. The standard InChI is InChI=1S/C7H9NO3/c1-6(8-11)4-2-3-5-7(9)10/h2-5,8,11H,1H2,(H,9,10)/b4-2-,5-3+. The van der Waals surface area contributed by atoms with Gasteiger partial charge in [0.05, 0.1) is 5.70 Å². The highest BCUT2D eigenvalue weighted by atomic mass is 16.5. The quantitative estimate of drug-likeness (QED) is 0.317. The molecule has 0 bridgehead atoms. The Morgan fingerprint density at radius 1 is 1.36 bits per heavy atom. The van der Waals surface area contributed by atoms with Gasteiger partial charge in [-0.05, 0) is 6.08 Å². The van der Waals surface area contributed by atoms with Gasteiger partial charge in [0, 0.05) is 6.08 Å². The molecule has 0 heterocycles. The van der Waals surface area contributed by atoms with Crippen molar-refractivity contribution in [2.75, 3.05) is 0 Å². The number of carboxylic acid groups (broad SMARTS) is 1. The van der Waals surface area contributed by atoms with E-state index < -0.39 is 5.97 Å². The summed E-state index contributed by atoms with van der Waals surface area (Å²) >= 11 is 0. The zero-order valence-corrected chi connectivity index (χ0v) is 5.82. The van der Waals surface area contributed by atoms with Gasteiger partial charge < -0.3 is 5.11 Å². The van der Waals surface area contributed by atoms with Gasteiger partial charge in [0.25, 0.3) is 0 Å². The number of carbonyl (C=O) groups is 1. The highest BCUT2D eigenvalue weighted by Gasteiger charge is 1.81.